The van der Waals surface area contributed by atoms with Gasteiger partial charge in [-0.05, 0) is 73.9 Å². The van der Waals surface area contributed by atoms with Crippen LogP contribution in [0.15, 0.2) is 72.8 Å². The normalized spacial score (nSPS) is 20.1. The molecule has 2 aliphatic heterocycles. The Bertz CT molecular complexity index is 1310. The molecule has 0 aliphatic carbocycles. The molecule has 2 heterocycles. The Morgan fingerprint density at radius 1 is 0.750 bits per heavy atom. The predicted molar refractivity (Wildman–Crippen MR) is 153 cm³/mol. The molecule has 8 heteroatoms. The largest absolute Gasteiger partial charge is 0.494 e. The fourth-order valence-electron chi connectivity index (χ4n) is 5.14. The zero-order chi connectivity index (χ0) is 28.1. The van der Waals surface area contributed by atoms with Gasteiger partial charge >= 0.3 is 0 Å². The Balaban J connectivity index is 1.50. The van der Waals surface area contributed by atoms with Gasteiger partial charge in [-0.25, -0.2) is 9.96 Å². The Morgan fingerprint density at radius 3 is 2.23 bits per heavy atom. The van der Waals surface area contributed by atoms with E-state index in [1.807, 2.05) is 62.4 Å². The van der Waals surface area contributed by atoms with Crippen molar-refractivity contribution in [3.8, 4) is 17.2 Å². The van der Waals surface area contributed by atoms with Gasteiger partial charge in [-0.1, -0.05) is 44.5 Å². The Hall–Kier alpha value is -4.04. The molecule has 0 bridgehead atoms. The average Bonchev–Trinajstić information content (AvgIpc) is 3.49. The lowest BCUT2D eigenvalue weighted by atomic mass is 9.90. The molecule has 0 saturated carbocycles. The maximum absolute atomic E-state index is 14.0. The highest BCUT2D eigenvalue weighted by Crippen LogP contribution is 2.48. The highest BCUT2D eigenvalue weighted by molar-refractivity contribution is 6.23. The quantitative estimate of drug-likeness (QED) is 0.201. The minimum Gasteiger partial charge on any atom is -0.494 e. The maximum atomic E-state index is 14.0. The average molecular weight is 545 g/mol. The standard InChI is InChI=1S/C32H36N2O6/c1-4-7-20-39-26-18-13-22(21-27(26)37-6-3)29-28-30(40-34(29)24-11-9-8-10-12-24)32(36)33(31(28)35)23-14-16-25(17-15-23)38-19-5-2/h8-18,21,28-30H,4-7,19-20H2,1-3H3/t28-,29+,30+/m1/s1. The highest BCUT2D eigenvalue weighted by atomic mass is 16.7. The predicted octanol–water partition coefficient (Wildman–Crippen LogP) is 6.10. The number of nitrogens with zero attached hydrogens (tertiary/aromatic N) is 2. The van der Waals surface area contributed by atoms with Crippen molar-refractivity contribution in [2.45, 2.75) is 52.2 Å². The second kappa shape index (κ2) is 12.4. The minimum atomic E-state index is -0.954. The Labute approximate surface area is 235 Å². The summed E-state index contributed by atoms with van der Waals surface area (Å²) in [6.07, 6.45) is 1.90. The summed E-state index contributed by atoms with van der Waals surface area (Å²) in [6.45, 7) is 7.72. The van der Waals surface area contributed by atoms with Crippen LogP contribution in [0.2, 0.25) is 0 Å². The van der Waals surface area contributed by atoms with Crippen molar-refractivity contribution >= 4 is 23.2 Å². The summed E-state index contributed by atoms with van der Waals surface area (Å²) in [6, 6.07) is 21.7. The molecule has 3 aromatic carbocycles. The molecule has 40 heavy (non-hydrogen) atoms. The van der Waals surface area contributed by atoms with Gasteiger partial charge < -0.3 is 14.2 Å². The second-order valence-corrected chi connectivity index (χ2v) is 9.85. The molecule has 0 N–H and O–H groups in total. The zero-order valence-corrected chi connectivity index (χ0v) is 23.2. The Kier molecular flexibility index (Phi) is 8.55. The van der Waals surface area contributed by atoms with E-state index in [4.69, 9.17) is 19.0 Å². The highest BCUT2D eigenvalue weighted by Gasteiger charge is 2.60. The fourth-order valence-corrected chi connectivity index (χ4v) is 5.14. The van der Waals surface area contributed by atoms with Crippen molar-refractivity contribution in [2.24, 2.45) is 5.92 Å². The topological polar surface area (TPSA) is 77.5 Å². The van der Waals surface area contributed by atoms with Crippen LogP contribution in [0.25, 0.3) is 0 Å². The number of benzene rings is 3. The summed E-state index contributed by atoms with van der Waals surface area (Å²) in [5.74, 6) is 0.515. The lowest BCUT2D eigenvalue weighted by molar-refractivity contribution is -0.126. The summed E-state index contributed by atoms with van der Waals surface area (Å²) in [4.78, 5) is 35.2. The van der Waals surface area contributed by atoms with Gasteiger partial charge in [-0.3, -0.25) is 14.4 Å². The lowest BCUT2D eigenvalue weighted by Crippen LogP contribution is -2.37. The van der Waals surface area contributed by atoms with Gasteiger partial charge in [0.1, 0.15) is 11.7 Å². The molecule has 0 spiro atoms. The number of rotatable bonds is 12. The van der Waals surface area contributed by atoms with Crippen molar-refractivity contribution in [3.05, 3.63) is 78.4 Å². The maximum Gasteiger partial charge on any atom is 0.266 e. The number of anilines is 2. The van der Waals surface area contributed by atoms with E-state index in [0.29, 0.717) is 42.8 Å². The van der Waals surface area contributed by atoms with Gasteiger partial charge in [0.05, 0.1) is 37.2 Å². The summed E-state index contributed by atoms with van der Waals surface area (Å²) in [5, 5.41) is 1.69. The number of hydroxylamine groups is 1. The molecule has 2 saturated heterocycles. The first-order valence-electron chi connectivity index (χ1n) is 14.1. The van der Waals surface area contributed by atoms with E-state index in [1.165, 1.54) is 4.90 Å². The summed E-state index contributed by atoms with van der Waals surface area (Å²) >= 11 is 0. The van der Waals surface area contributed by atoms with Crippen LogP contribution in [0.3, 0.4) is 0 Å². The molecule has 5 rings (SSSR count). The smallest absolute Gasteiger partial charge is 0.266 e. The van der Waals surface area contributed by atoms with E-state index in [9.17, 15) is 9.59 Å². The number of imide groups is 1. The van der Waals surface area contributed by atoms with Crippen molar-refractivity contribution in [2.75, 3.05) is 29.8 Å². The molecule has 8 nitrogen and oxygen atoms in total. The van der Waals surface area contributed by atoms with E-state index in [-0.39, 0.29) is 11.8 Å². The molecule has 0 unspecified atom stereocenters. The SMILES string of the molecule is CCCCOc1ccc([C@H]2[C@H]3C(=O)N(c4ccc(OCCC)cc4)C(=O)[C@H]3ON2c2ccccc2)cc1OCC. The number of hydrogen-bond acceptors (Lipinski definition) is 7. The van der Waals surface area contributed by atoms with Crippen molar-refractivity contribution < 1.29 is 28.6 Å². The third kappa shape index (κ3) is 5.36. The number of ether oxygens (including phenoxy) is 3. The van der Waals surface area contributed by atoms with Crippen LogP contribution >= 0.6 is 0 Å². The monoisotopic (exact) mass is 544 g/mol. The van der Waals surface area contributed by atoms with E-state index in [2.05, 4.69) is 6.92 Å². The second-order valence-electron chi connectivity index (χ2n) is 9.85. The van der Waals surface area contributed by atoms with Crippen LogP contribution in [0.4, 0.5) is 11.4 Å². The molecule has 2 aliphatic rings. The van der Waals surface area contributed by atoms with Gasteiger partial charge in [-0.15, -0.1) is 0 Å². The Morgan fingerprint density at radius 2 is 1.52 bits per heavy atom. The van der Waals surface area contributed by atoms with Gasteiger partial charge in [-0.2, -0.15) is 0 Å². The molecule has 3 atom stereocenters. The van der Waals surface area contributed by atoms with Crippen LogP contribution in [0.1, 0.15) is 51.6 Å². The molecular weight excluding hydrogens is 508 g/mol. The zero-order valence-electron chi connectivity index (χ0n) is 23.2. The van der Waals surface area contributed by atoms with Crippen LogP contribution in [-0.4, -0.2) is 37.7 Å². The fraction of sp³-hybridized carbons (Fsp3) is 0.375. The van der Waals surface area contributed by atoms with E-state index in [1.54, 1.807) is 29.3 Å². The third-order valence-electron chi connectivity index (χ3n) is 7.06. The van der Waals surface area contributed by atoms with Crippen LogP contribution in [0.5, 0.6) is 17.2 Å². The number of amides is 2. The molecule has 0 radical (unpaired) electrons. The number of carbonyl (C=O) groups excluding carboxylic acids is 2. The number of carbonyl (C=O) groups is 2. The summed E-state index contributed by atoms with van der Waals surface area (Å²) in [7, 11) is 0. The molecule has 0 aromatic heterocycles. The van der Waals surface area contributed by atoms with Gasteiger partial charge in [0.15, 0.2) is 17.6 Å². The molecular formula is C32H36N2O6. The van der Waals surface area contributed by atoms with E-state index in [0.717, 1.165) is 30.5 Å². The number of fused-ring (bicyclic) bond motifs is 1. The molecule has 2 amide bonds. The first-order chi connectivity index (χ1) is 19.6. The summed E-state index contributed by atoms with van der Waals surface area (Å²) in [5.41, 5.74) is 2.05. The van der Waals surface area contributed by atoms with Crippen molar-refractivity contribution in [1.29, 1.82) is 0 Å². The van der Waals surface area contributed by atoms with Gasteiger partial charge in [0.25, 0.3) is 5.91 Å². The van der Waals surface area contributed by atoms with Crippen LogP contribution in [0, 0.1) is 5.92 Å². The van der Waals surface area contributed by atoms with E-state index >= 15 is 0 Å². The van der Waals surface area contributed by atoms with Crippen LogP contribution < -0.4 is 24.2 Å². The third-order valence-corrected chi connectivity index (χ3v) is 7.06. The number of hydrogen-bond donors (Lipinski definition) is 0. The van der Waals surface area contributed by atoms with Crippen molar-refractivity contribution in [3.63, 3.8) is 0 Å². The van der Waals surface area contributed by atoms with E-state index < -0.39 is 18.1 Å². The molecule has 2 fully saturated rings. The first-order valence-corrected chi connectivity index (χ1v) is 14.1. The number of para-hydroxylation sites is 1. The number of unbranched alkanes of at least 4 members (excludes halogenated alkanes) is 1. The van der Waals surface area contributed by atoms with Crippen molar-refractivity contribution in [1.82, 2.24) is 0 Å². The molecule has 210 valence electrons. The van der Waals surface area contributed by atoms with Crippen LogP contribution in [-0.2, 0) is 14.4 Å². The van der Waals surface area contributed by atoms with Gasteiger partial charge in [0.2, 0.25) is 5.91 Å². The lowest BCUT2D eigenvalue weighted by Gasteiger charge is -2.29. The minimum absolute atomic E-state index is 0.304. The molecule has 3 aromatic rings. The van der Waals surface area contributed by atoms with Gasteiger partial charge in [0, 0.05) is 0 Å². The first kappa shape index (κ1) is 27.5. The summed E-state index contributed by atoms with van der Waals surface area (Å²) < 4.78 is 17.6.